The van der Waals surface area contributed by atoms with Crippen LogP contribution < -0.4 is 22.1 Å². The number of aliphatic hydroxyl groups is 2. The Labute approximate surface area is 255 Å². The first kappa shape index (κ1) is 32.9. The number of fused-ring (bicyclic) bond motifs is 2. The maximum Gasteiger partial charge on any atom is 0.333 e. The summed E-state index contributed by atoms with van der Waals surface area (Å²) < 4.78 is 19.7. The Morgan fingerprint density at radius 3 is 2.67 bits per heavy atom. The van der Waals surface area contributed by atoms with Gasteiger partial charge in [-0.1, -0.05) is 6.08 Å². The standard InChI is InChI=1S/C32H54N4O7/c1-4-17(2)31(40)42-24-14-21-28(39)27-23(38)13-20(16-37)41-30(27)22(11-19-8-10-35-26(34)12-19)29(21)43-32(24,3)9-7-18-5-6-25(33)36-15-18/h4,18-22,24-30,35-37,39H,5-16,33-34H2,1-3H3/p+1. The van der Waals surface area contributed by atoms with Gasteiger partial charge in [-0.3, -0.25) is 10.5 Å². The van der Waals surface area contributed by atoms with Crippen LogP contribution in [0, 0.1) is 29.6 Å². The largest absolute Gasteiger partial charge is 0.456 e. The van der Waals surface area contributed by atoms with Crippen LogP contribution in [0.15, 0.2) is 11.6 Å². The molecule has 0 bridgehead atoms. The van der Waals surface area contributed by atoms with Crippen molar-refractivity contribution in [2.45, 2.75) is 127 Å². The summed E-state index contributed by atoms with van der Waals surface area (Å²) in [5.74, 6) is -0.914. The van der Waals surface area contributed by atoms with Crippen LogP contribution in [0.2, 0.25) is 0 Å². The average molecular weight is 608 g/mol. The number of nitrogens with one attached hydrogen (secondary N) is 1. The van der Waals surface area contributed by atoms with Crippen LogP contribution in [0.4, 0.5) is 0 Å². The molecule has 13 unspecified atom stereocenters. The number of nitrogens with two attached hydrogens (primary N) is 3. The number of Topliss-reactive ketones (excluding diaryl/α,β-unsaturated/α-hetero) is 1. The van der Waals surface area contributed by atoms with Crippen molar-refractivity contribution in [1.82, 2.24) is 5.32 Å². The lowest BCUT2D eigenvalue weighted by Gasteiger charge is -2.58. The van der Waals surface area contributed by atoms with Crippen LogP contribution in [0.1, 0.15) is 78.6 Å². The quantitative estimate of drug-likeness (QED) is 0.163. The molecule has 0 aromatic rings. The van der Waals surface area contributed by atoms with Crippen molar-refractivity contribution in [3.05, 3.63) is 11.6 Å². The summed E-state index contributed by atoms with van der Waals surface area (Å²) in [5, 5.41) is 27.3. The Morgan fingerprint density at radius 1 is 1.21 bits per heavy atom. The normalized spacial score (nSPS) is 45.7. The zero-order valence-electron chi connectivity index (χ0n) is 26.2. The molecule has 4 heterocycles. The van der Waals surface area contributed by atoms with E-state index in [-0.39, 0.29) is 49.1 Å². The second kappa shape index (κ2) is 13.9. The molecule has 43 heavy (non-hydrogen) atoms. The number of ketones is 1. The minimum Gasteiger partial charge on any atom is -0.456 e. The minimum absolute atomic E-state index is 0.0772. The van der Waals surface area contributed by atoms with Crippen LogP contribution in [0.3, 0.4) is 0 Å². The van der Waals surface area contributed by atoms with Gasteiger partial charge in [0, 0.05) is 36.2 Å². The number of aliphatic hydroxyl groups excluding tert-OH is 2. The van der Waals surface area contributed by atoms with E-state index in [1.54, 1.807) is 13.0 Å². The van der Waals surface area contributed by atoms with Crippen LogP contribution in [-0.4, -0.2) is 90.1 Å². The molecular formula is C32H55N4O7+. The number of carbonyl (C=O) groups is 2. The molecule has 1 aliphatic carbocycles. The highest BCUT2D eigenvalue weighted by molar-refractivity contribution is 5.87. The first-order chi connectivity index (χ1) is 20.5. The Balaban J connectivity index is 1.45. The van der Waals surface area contributed by atoms with E-state index in [1.807, 2.05) is 13.8 Å². The second-order valence-electron chi connectivity index (χ2n) is 14.2. The predicted octanol–water partition coefficient (Wildman–Crippen LogP) is 0.0669. The highest BCUT2D eigenvalue weighted by atomic mass is 16.6. The number of hydrogen-bond donors (Lipinski definition) is 6. The van der Waals surface area contributed by atoms with Crippen LogP contribution >= 0.6 is 0 Å². The van der Waals surface area contributed by atoms with Gasteiger partial charge >= 0.3 is 5.97 Å². The van der Waals surface area contributed by atoms with Crippen molar-refractivity contribution in [2.75, 3.05) is 19.7 Å². The molecule has 1 saturated carbocycles. The number of esters is 1. The van der Waals surface area contributed by atoms with Crippen LogP contribution in [0.5, 0.6) is 0 Å². The molecule has 0 aromatic heterocycles. The fourth-order valence-electron chi connectivity index (χ4n) is 8.47. The fraction of sp³-hybridized carbons (Fsp3) is 0.875. The van der Waals surface area contributed by atoms with Gasteiger partial charge < -0.3 is 40.8 Å². The van der Waals surface area contributed by atoms with Gasteiger partial charge in [0.05, 0.1) is 49.7 Å². The van der Waals surface area contributed by atoms with Gasteiger partial charge in [0.25, 0.3) is 0 Å². The van der Waals surface area contributed by atoms with Gasteiger partial charge in [-0.25, -0.2) is 4.79 Å². The molecular weight excluding hydrogens is 552 g/mol. The summed E-state index contributed by atoms with van der Waals surface area (Å²) >= 11 is 0. The molecule has 11 heteroatoms. The van der Waals surface area contributed by atoms with Crippen LogP contribution in [-0.2, 0) is 23.8 Å². The van der Waals surface area contributed by atoms with Crippen molar-refractivity contribution in [3.63, 3.8) is 0 Å². The van der Waals surface area contributed by atoms with Gasteiger partial charge in [0.15, 0.2) is 0 Å². The third-order valence-corrected chi connectivity index (χ3v) is 11.2. The average Bonchev–Trinajstić information content (AvgIpc) is 2.99. The molecule has 5 rings (SSSR count). The van der Waals surface area contributed by atoms with Gasteiger partial charge in [0.1, 0.15) is 23.7 Å². The first-order valence-electron chi connectivity index (χ1n) is 16.6. The molecule has 9 N–H and O–H groups in total. The van der Waals surface area contributed by atoms with E-state index >= 15 is 0 Å². The lowest BCUT2D eigenvalue weighted by atomic mass is 9.60. The molecule has 0 radical (unpaired) electrons. The number of allylic oxidation sites excluding steroid dienone is 1. The van der Waals surface area contributed by atoms with E-state index < -0.39 is 41.9 Å². The molecule has 0 aromatic carbocycles. The first-order valence-corrected chi connectivity index (χ1v) is 16.6. The van der Waals surface area contributed by atoms with Crippen molar-refractivity contribution >= 4 is 11.8 Å². The summed E-state index contributed by atoms with van der Waals surface area (Å²) in [6.45, 7) is 7.14. The zero-order valence-corrected chi connectivity index (χ0v) is 26.2. The fourth-order valence-corrected chi connectivity index (χ4v) is 8.47. The molecule has 11 nitrogen and oxygen atoms in total. The number of piperidine rings is 2. The highest BCUT2D eigenvalue weighted by Crippen LogP contribution is 2.52. The Morgan fingerprint density at radius 2 is 2.00 bits per heavy atom. The zero-order chi connectivity index (χ0) is 30.9. The topological polar surface area (TPSA) is 183 Å². The lowest BCUT2D eigenvalue weighted by Crippen LogP contribution is -2.95. The predicted molar refractivity (Wildman–Crippen MR) is 159 cm³/mol. The number of hydrogen-bond acceptors (Lipinski definition) is 10. The summed E-state index contributed by atoms with van der Waals surface area (Å²) in [6.07, 6.45) is 5.37. The van der Waals surface area contributed by atoms with Crippen molar-refractivity contribution in [1.29, 1.82) is 0 Å². The van der Waals surface area contributed by atoms with Crippen LogP contribution in [0.25, 0.3) is 0 Å². The lowest BCUT2D eigenvalue weighted by molar-refractivity contribution is -0.703. The Hall–Kier alpha value is -1.44. The summed E-state index contributed by atoms with van der Waals surface area (Å²) in [5.41, 5.74) is 12.1. The Kier molecular flexibility index (Phi) is 10.7. The number of ether oxygens (including phenoxy) is 3. The number of rotatable bonds is 8. The molecule has 5 aliphatic rings. The molecule has 244 valence electrons. The Bertz CT molecular complexity index is 1020. The number of carbonyl (C=O) groups excluding carboxylic acids is 2. The molecule has 4 aliphatic heterocycles. The van der Waals surface area contributed by atoms with Gasteiger partial charge in [-0.05, 0) is 78.2 Å². The number of quaternary nitrogens is 1. The van der Waals surface area contributed by atoms with E-state index in [0.29, 0.717) is 30.3 Å². The van der Waals surface area contributed by atoms with E-state index in [2.05, 4.69) is 10.6 Å². The SMILES string of the molecule is CC=C(C)C(=O)OC1CC2C(O)C3C(=O)CC(CO)OC3C(CC3CCNC(N)C3)C2OC1(C)CCC1CCC(N)[NH2+]C1. The van der Waals surface area contributed by atoms with Gasteiger partial charge in [0.2, 0.25) is 0 Å². The molecule has 0 amide bonds. The van der Waals surface area contributed by atoms with E-state index in [9.17, 15) is 19.8 Å². The van der Waals surface area contributed by atoms with Crippen molar-refractivity contribution < 1.29 is 39.3 Å². The minimum atomic E-state index is -0.989. The smallest absolute Gasteiger partial charge is 0.333 e. The molecule has 13 atom stereocenters. The molecule has 0 spiro atoms. The second-order valence-corrected chi connectivity index (χ2v) is 14.2. The summed E-state index contributed by atoms with van der Waals surface area (Å²) in [7, 11) is 0. The van der Waals surface area contributed by atoms with Gasteiger partial charge in [-0.2, -0.15) is 0 Å². The van der Waals surface area contributed by atoms with E-state index in [0.717, 1.165) is 51.6 Å². The highest BCUT2D eigenvalue weighted by Gasteiger charge is 2.61. The molecule has 4 saturated heterocycles. The maximum absolute atomic E-state index is 13.5. The third-order valence-electron chi connectivity index (χ3n) is 11.2. The summed E-state index contributed by atoms with van der Waals surface area (Å²) in [4.78, 5) is 26.5. The molecule has 5 fully saturated rings. The third kappa shape index (κ3) is 7.19. The van der Waals surface area contributed by atoms with Crippen molar-refractivity contribution in [2.24, 2.45) is 41.1 Å². The monoisotopic (exact) mass is 607 g/mol. The van der Waals surface area contributed by atoms with Gasteiger partial charge in [-0.15, -0.1) is 0 Å². The van der Waals surface area contributed by atoms with E-state index in [1.165, 1.54) is 0 Å². The van der Waals surface area contributed by atoms with E-state index in [4.69, 9.17) is 25.7 Å². The maximum atomic E-state index is 13.5. The summed E-state index contributed by atoms with van der Waals surface area (Å²) in [6, 6.07) is 0. The van der Waals surface area contributed by atoms with Crippen molar-refractivity contribution in [3.8, 4) is 0 Å².